The molecule has 0 unspecified atom stereocenters. The van der Waals surface area contributed by atoms with Gasteiger partial charge in [0.1, 0.15) is 4.60 Å². The van der Waals surface area contributed by atoms with Gasteiger partial charge in [-0.25, -0.2) is 4.98 Å². The number of nitrogens with zero attached hydrogens (tertiary/aromatic N) is 3. The van der Waals surface area contributed by atoms with Crippen LogP contribution in [-0.4, -0.2) is 46.4 Å². The molecular formula is C17H21BrN4OS. The van der Waals surface area contributed by atoms with E-state index in [0.717, 1.165) is 45.8 Å². The summed E-state index contributed by atoms with van der Waals surface area (Å²) < 4.78 is 3.93. The molecule has 3 rings (SSSR count). The number of thiazole rings is 1. The number of nitrogens with one attached hydrogen (secondary N) is 1. The maximum atomic E-state index is 12.3. The predicted molar refractivity (Wildman–Crippen MR) is 103 cm³/mol. The molecule has 0 aliphatic carbocycles. The predicted octanol–water partition coefficient (Wildman–Crippen LogP) is 3.77. The molecule has 0 saturated heterocycles. The molecule has 1 N–H and O–H groups in total. The zero-order valence-corrected chi connectivity index (χ0v) is 16.3. The van der Waals surface area contributed by atoms with Gasteiger partial charge in [0.05, 0.1) is 10.2 Å². The monoisotopic (exact) mass is 408 g/mol. The Kier molecular flexibility index (Phi) is 5.53. The van der Waals surface area contributed by atoms with Gasteiger partial charge in [-0.2, -0.15) is 0 Å². The number of halogens is 1. The van der Waals surface area contributed by atoms with Crippen LogP contribution in [-0.2, 0) is 0 Å². The van der Waals surface area contributed by atoms with Gasteiger partial charge in [0.2, 0.25) is 0 Å². The first-order valence-electron chi connectivity index (χ1n) is 8.20. The number of hydrogen-bond acceptors (Lipinski definition) is 4. The summed E-state index contributed by atoms with van der Waals surface area (Å²) in [4.78, 5) is 20.0. The van der Waals surface area contributed by atoms with Crippen LogP contribution in [0.3, 0.4) is 0 Å². The van der Waals surface area contributed by atoms with Crippen molar-refractivity contribution in [2.24, 2.45) is 0 Å². The second-order valence-electron chi connectivity index (χ2n) is 5.64. The maximum Gasteiger partial charge on any atom is 0.251 e. The van der Waals surface area contributed by atoms with Gasteiger partial charge in [-0.3, -0.25) is 9.20 Å². The van der Waals surface area contributed by atoms with E-state index in [1.807, 2.05) is 28.8 Å². The topological polar surface area (TPSA) is 49.6 Å². The molecule has 0 bridgehead atoms. The summed E-state index contributed by atoms with van der Waals surface area (Å²) in [6.45, 7) is 8.15. The number of amides is 1. The molecule has 0 spiro atoms. The van der Waals surface area contributed by atoms with Crippen LogP contribution in [0, 0.1) is 0 Å². The van der Waals surface area contributed by atoms with E-state index in [9.17, 15) is 4.79 Å². The quantitative estimate of drug-likeness (QED) is 0.605. The summed E-state index contributed by atoms with van der Waals surface area (Å²) in [5.74, 6) is -0.0105. The summed E-state index contributed by atoms with van der Waals surface area (Å²) in [6, 6.07) is 5.81. The first-order chi connectivity index (χ1) is 11.6. The van der Waals surface area contributed by atoms with Crippen molar-refractivity contribution >= 4 is 48.4 Å². The van der Waals surface area contributed by atoms with E-state index >= 15 is 0 Å². The highest BCUT2D eigenvalue weighted by molar-refractivity contribution is 9.10. The number of aromatic nitrogens is 2. The van der Waals surface area contributed by atoms with Crippen molar-refractivity contribution in [2.75, 3.05) is 26.2 Å². The summed E-state index contributed by atoms with van der Waals surface area (Å²) in [5, 5.41) is 3.01. The molecule has 5 nitrogen and oxygen atoms in total. The van der Waals surface area contributed by atoms with Gasteiger partial charge in [0, 0.05) is 18.3 Å². The van der Waals surface area contributed by atoms with E-state index in [-0.39, 0.29) is 5.91 Å². The molecule has 24 heavy (non-hydrogen) atoms. The van der Waals surface area contributed by atoms with Crippen LogP contribution >= 0.6 is 27.3 Å². The largest absolute Gasteiger partial charge is 0.352 e. The van der Waals surface area contributed by atoms with Crippen LogP contribution in [0.2, 0.25) is 0 Å². The SMILES string of the molecule is CCN(CC)CCCNC(=O)c1ccc2c(c1)sc1nc(Br)cn12. The first kappa shape index (κ1) is 17.4. The highest BCUT2D eigenvalue weighted by Crippen LogP contribution is 2.28. The summed E-state index contributed by atoms with van der Waals surface area (Å²) >= 11 is 4.98. The Morgan fingerprint density at radius 1 is 1.38 bits per heavy atom. The zero-order valence-electron chi connectivity index (χ0n) is 13.9. The number of fused-ring (bicyclic) bond motifs is 3. The van der Waals surface area contributed by atoms with Gasteiger partial charge in [-0.1, -0.05) is 25.2 Å². The summed E-state index contributed by atoms with van der Waals surface area (Å²) in [5.41, 5.74) is 1.78. The maximum absolute atomic E-state index is 12.3. The lowest BCUT2D eigenvalue weighted by Crippen LogP contribution is -2.29. The standard InChI is InChI=1S/C17H21BrN4OS/c1-3-21(4-2)9-5-8-19-16(23)12-6-7-13-14(10-12)24-17-20-15(18)11-22(13)17/h6-7,10-11H,3-5,8-9H2,1-2H3,(H,19,23). The van der Waals surface area contributed by atoms with E-state index in [0.29, 0.717) is 12.1 Å². The summed E-state index contributed by atoms with van der Waals surface area (Å²) in [6.07, 6.45) is 2.91. The minimum atomic E-state index is -0.0105. The summed E-state index contributed by atoms with van der Waals surface area (Å²) in [7, 11) is 0. The zero-order chi connectivity index (χ0) is 17.1. The van der Waals surface area contributed by atoms with Crippen molar-refractivity contribution in [3.8, 4) is 0 Å². The molecule has 1 amide bonds. The Labute approximate surface area is 153 Å². The lowest BCUT2D eigenvalue weighted by Gasteiger charge is -2.17. The van der Waals surface area contributed by atoms with E-state index in [2.05, 4.69) is 45.0 Å². The fourth-order valence-electron chi connectivity index (χ4n) is 2.76. The number of imidazole rings is 1. The molecule has 2 aromatic heterocycles. The molecule has 3 aromatic rings. The van der Waals surface area contributed by atoms with Crippen molar-refractivity contribution in [3.63, 3.8) is 0 Å². The van der Waals surface area contributed by atoms with Gasteiger partial charge in [-0.05, 0) is 60.2 Å². The van der Waals surface area contributed by atoms with Crippen molar-refractivity contribution < 1.29 is 4.79 Å². The molecule has 0 aliphatic rings. The van der Waals surface area contributed by atoms with Gasteiger partial charge in [0.25, 0.3) is 5.91 Å². The number of benzene rings is 1. The van der Waals surface area contributed by atoms with Gasteiger partial charge < -0.3 is 10.2 Å². The van der Waals surface area contributed by atoms with Gasteiger partial charge >= 0.3 is 0 Å². The van der Waals surface area contributed by atoms with Crippen molar-refractivity contribution in [1.82, 2.24) is 19.6 Å². The van der Waals surface area contributed by atoms with Crippen LogP contribution in [0.4, 0.5) is 0 Å². The molecule has 0 atom stereocenters. The van der Waals surface area contributed by atoms with E-state index in [1.54, 1.807) is 11.3 Å². The second-order valence-corrected chi connectivity index (χ2v) is 7.46. The molecule has 2 heterocycles. The third kappa shape index (κ3) is 3.63. The van der Waals surface area contributed by atoms with Crippen LogP contribution < -0.4 is 5.32 Å². The van der Waals surface area contributed by atoms with E-state index in [1.165, 1.54) is 0 Å². The molecule has 7 heteroatoms. The average molecular weight is 409 g/mol. The number of hydrogen-bond donors (Lipinski definition) is 1. The van der Waals surface area contributed by atoms with Crippen molar-refractivity contribution in [1.29, 1.82) is 0 Å². The Hall–Kier alpha value is -1.44. The Morgan fingerprint density at radius 2 is 2.17 bits per heavy atom. The number of rotatable bonds is 7. The van der Waals surface area contributed by atoms with Crippen molar-refractivity contribution in [3.05, 3.63) is 34.6 Å². The van der Waals surface area contributed by atoms with Crippen LogP contribution in [0.5, 0.6) is 0 Å². The lowest BCUT2D eigenvalue weighted by atomic mass is 10.2. The smallest absolute Gasteiger partial charge is 0.251 e. The van der Waals surface area contributed by atoms with E-state index < -0.39 is 0 Å². The minimum Gasteiger partial charge on any atom is -0.352 e. The first-order valence-corrected chi connectivity index (χ1v) is 9.81. The van der Waals surface area contributed by atoms with Crippen LogP contribution in [0.25, 0.3) is 15.2 Å². The molecular weight excluding hydrogens is 388 g/mol. The fraction of sp³-hybridized carbons (Fsp3) is 0.412. The minimum absolute atomic E-state index is 0.0105. The Bertz CT molecular complexity index is 853. The Morgan fingerprint density at radius 3 is 2.92 bits per heavy atom. The second kappa shape index (κ2) is 7.63. The molecule has 128 valence electrons. The highest BCUT2D eigenvalue weighted by atomic mass is 79.9. The van der Waals surface area contributed by atoms with Crippen LogP contribution in [0.15, 0.2) is 29.0 Å². The van der Waals surface area contributed by atoms with Crippen LogP contribution in [0.1, 0.15) is 30.6 Å². The molecule has 0 aliphatic heterocycles. The third-order valence-corrected chi connectivity index (χ3v) is 5.56. The molecule has 0 radical (unpaired) electrons. The highest BCUT2D eigenvalue weighted by Gasteiger charge is 2.11. The van der Waals surface area contributed by atoms with E-state index in [4.69, 9.17) is 0 Å². The molecule has 0 saturated carbocycles. The Balaban J connectivity index is 1.64. The number of carbonyl (C=O) groups excluding carboxylic acids is 1. The molecule has 0 fully saturated rings. The van der Waals surface area contributed by atoms with Gasteiger partial charge in [-0.15, -0.1) is 0 Å². The lowest BCUT2D eigenvalue weighted by molar-refractivity contribution is 0.0952. The average Bonchev–Trinajstić information content (AvgIpc) is 3.09. The third-order valence-electron chi connectivity index (χ3n) is 4.16. The normalized spacial score (nSPS) is 11.7. The fourth-order valence-corrected chi connectivity index (χ4v) is 4.30. The van der Waals surface area contributed by atoms with Crippen molar-refractivity contribution in [2.45, 2.75) is 20.3 Å². The molecule has 1 aromatic carbocycles. The number of carbonyl (C=O) groups is 1. The van der Waals surface area contributed by atoms with Gasteiger partial charge in [0.15, 0.2) is 4.96 Å².